The maximum absolute atomic E-state index is 12.9. The number of para-hydroxylation sites is 2. The van der Waals surface area contributed by atoms with Crippen LogP contribution in [0.5, 0.6) is 5.75 Å². The Kier molecular flexibility index (Phi) is 6.36. The molecule has 0 fully saturated rings. The Labute approximate surface area is 172 Å². The summed E-state index contributed by atoms with van der Waals surface area (Å²) in [4.78, 5) is 36.1. The molecule has 1 atom stereocenters. The van der Waals surface area contributed by atoms with Crippen LogP contribution in [0.15, 0.2) is 59.0 Å². The largest absolute Gasteiger partial charge is 0.489 e. The van der Waals surface area contributed by atoms with Crippen molar-refractivity contribution in [2.45, 2.75) is 26.6 Å². The fourth-order valence-electron chi connectivity index (χ4n) is 2.93. The lowest BCUT2D eigenvalue weighted by molar-refractivity contribution is -0.131. The van der Waals surface area contributed by atoms with Crippen LogP contribution in [0.4, 0.5) is 4.79 Å². The summed E-state index contributed by atoms with van der Waals surface area (Å²) in [5.41, 5.74) is 5.98. The fraction of sp³-hybridized carbons (Fsp3) is 0.227. The van der Waals surface area contributed by atoms with Crippen molar-refractivity contribution >= 4 is 28.9 Å². The fourth-order valence-corrected chi connectivity index (χ4v) is 2.93. The Morgan fingerprint density at radius 3 is 2.37 bits per heavy atom. The topological polar surface area (TPSA) is 121 Å². The van der Waals surface area contributed by atoms with Gasteiger partial charge in [0.25, 0.3) is 5.91 Å². The Hall–Kier alpha value is -3.81. The molecule has 0 saturated carbocycles. The van der Waals surface area contributed by atoms with Gasteiger partial charge in [-0.15, -0.1) is 0 Å². The van der Waals surface area contributed by atoms with Gasteiger partial charge in [-0.3, -0.25) is 10.1 Å². The molecule has 0 radical (unpaired) electrons. The van der Waals surface area contributed by atoms with E-state index in [2.05, 4.69) is 0 Å². The Bertz CT molecular complexity index is 1060. The molecule has 156 valence electrons. The number of furan rings is 1. The second kappa shape index (κ2) is 9.13. The van der Waals surface area contributed by atoms with Gasteiger partial charge in [-0.05, 0) is 24.1 Å². The minimum atomic E-state index is -1.22. The van der Waals surface area contributed by atoms with E-state index in [9.17, 15) is 14.4 Å². The predicted octanol–water partition coefficient (Wildman–Crippen LogP) is 3.39. The number of benzene rings is 2. The monoisotopic (exact) mass is 410 g/mol. The molecular weight excluding hydrogens is 388 g/mol. The first-order valence-electron chi connectivity index (χ1n) is 9.36. The van der Waals surface area contributed by atoms with E-state index < -0.39 is 29.9 Å². The van der Waals surface area contributed by atoms with Crippen molar-refractivity contribution in [1.82, 2.24) is 5.32 Å². The molecule has 3 rings (SSSR count). The number of primary amides is 1. The molecule has 0 aliphatic rings. The first-order valence-corrected chi connectivity index (χ1v) is 9.36. The van der Waals surface area contributed by atoms with Crippen molar-refractivity contribution in [3.8, 4) is 5.75 Å². The van der Waals surface area contributed by atoms with Gasteiger partial charge in [0.1, 0.15) is 17.9 Å². The third-order valence-electron chi connectivity index (χ3n) is 4.35. The average Bonchev–Trinajstić information content (AvgIpc) is 3.09. The molecule has 2 aromatic carbocycles. The van der Waals surface area contributed by atoms with Crippen LogP contribution < -0.4 is 15.8 Å². The highest BCUT2D eigenvalue weighted by atomic mass is 16.6. The van der Waals surface area contributed by atoms with Crippen LogP contribution in [0.3, 0.4) is 0 Å². The van der Waals surface area contributed by atoms with Crippen LogP contribution in [-0.2, 0) is 16.1 Å². The number of hydrogen-bond donors (Lipinski definition) is 2. The van der Waals surface area contributed by atoms with Gasteiger partial charge < -0.3 is 19.6 Å². The molecule has 0 bridgehead atoms. The number of esters is 1. The van der Waals surface area contributed by atoms with Gasteiger partial charge in [0, 0.05) is 5.39 Å². The highest BCUT2D eigenvalue weighted by molar-refractivity contribution is 6.00. The zero-order valence-corrected chi connectivity index (χ0v) is 16.6. The van der Waals surface area contributed by atoms with E-state index in [0.717, 1.165) is 0 Å². The van der Waals surface area contributed by atoms with Crippen LogP contribution >= 0.6 is 0 Å². The van der Waals surface area contributed by atoms with Crippen molar-refractivity contribution < 1.29 is 28.3 Å². The molecule has 1 heterocycles. The lowest BCUT2D eigenvalue weighted by Gasteiger charge is -2.19. The quantitative estimate of drug-likeness (QED) is 0.576. The molecule has 1 aromatic heterocycles. The molecule has 3 N–H and O–H groups in total. The predicted molar refractivity (Wildman–Crippen MR) is 109 cm³/mol. The Morgan fingerprint density at radius 2 is 1.70 bits per heavy atom. The molecule has 8 heteroatoms. The zero-order valence-electron chi connectivity index (χ0n) is 16.6. The normalized spacial score (nSPS) is 11.8. The van der Waals surface area contributed by atoms with E-state index in [1.165, 1.54) is 0 Å². The maximum atomic E-state index is 12.9. The molecule has 3 amide bonds. The Balaban J connectivity index is 1.89. The molecule has 0 aliphatic heterocycles. The van der Waals surface area contributed by atoms with Crippen LogP contribution in [0, 0.1) is 5.92 Å². The highest BCUT2D eigenvalue weighted by Crippen LogP contribution is 2.28. The lowest BCUT2D eigenvalue weighted by Crippen LogP contribution is -2.45. The first kappa shape index (κ1) is 20.9. The number of ether oxygens (including phenoxy) is 2. The smallest absolute Gasteiger partial charge is 0.375 e. The second-order valence-corrected chi connectivity index (χ2v) is 6.93. The van der Waals surface area contributed by atoms with E-state index in [1.807, 2.05) is 29.6 Å². The standard InChI is InChI=1S/C22H22N2O6/c1-13(2)18(20(25)24-22(23)27)30-21(26)19-16(12-28-14-8-4-3-5-9-14)15-10-6-7-11-17(15)29-19/h3-11,13,18H,12H2,1-2H3,(H3,23,24,25,27)/t18-/m0/s1. The van der Waals surface area contributed by atoms with E-state index >= 15 is 0 Å². The van der Waals surface area contributed by atoms with Gasteiger partial charge in [-0.2, -0.15) is 0 Å². The third kappa shape index (κ3) is 4.78. The van der Waals surface area contributed by atoms with Gasteiger partial charge in [0.05, 0.1) is 5.56 Å². The minimum absolute atomic E-state index is 0.0608. The number of hydrogen-bond acceptors (Lipinski definition) is 6. The van der Waals surface area contributed by atoms with Crippen molar-refractivity contribution in [3.63, 3.8) is 0 Å². The van der Waals surface area contributed by atoms with Gasteiger partial charge in [-0.25, -0.2) is 9.59 Å². The summed E-state index contributed by atoms with van der Waals surface area (Å²) in [5.74, 6) is -1.48. The van der Waals surface area contributed by atoms with Gasteiger partial charge in [0.2, 0.25) is 5.76 Å². The zero-order chi connectivity index (χ0) is 21.7. The van der Waals surface area contributed by atoms with Gasteiger partial charge >= 0.3 is 12.0 Å². The van der Waals surface area contributed by atoms with E-state index in [-0.39, 0.29) is 12.4 Å². The number of nitrogens with one attached hydrogen (secondary N) is 1. The molecule has 3 aromatic rings. The number of fused-ring (bicyclic) bond motifs is 1. The highest BCUT2D eigenvalue weighted by Gasteiger charge is 2.31. The number of imide groups is 1. The summed E-state index contributed by atoms with van der Waals surface area (Å²) in [7, 11) is 0. The van der Waals surface area contributed by atoms with E-state index in [1.54, 1.807) is 44.2 Å². The van der Waals surface area contributed by atoms with Crippen LogP contribution in [0.25, 0.3) is 11.0 Å². The summed E-state index contributed by atoms with van der Waals surface area (Å²) >= 11 is 0. The molecular formula is C22H22N2O6. The van der Waals surface area contributed by atoms with Gasteiger partial charge in [0.15, 0.2) is 6.10 Å². The minimum Gasteiger partial charge on any atom is -0.489 e. The summed E-state index contributed by atoms with van der Waals surface area (Å²) < 4.78 is 16.9. The number of rotatable bonds is 7. The number of carbonyl (C=O) groups is 3. The van der Waals surface area contributed by atoms with Crippen molar-refractivity contribution in [2.75, 3.05) is 0 Å². The number of carbonyl (C=O) groups excluding carboxylic acids is 3. The van der Waals surface area contributed by atoms with E-state index in [4.69, 9.17) is 19.6 Å². The van der Waals surface area contributed by atoms with Gasteiger partial charge in [-0.1, -0.05) is 50.2 Å². The molecule has 0 unspecified atom stereocenters. The molecule has 30 heavy (non-hydrogen) atoms. The summed E-state index contributed by atoms with van der Waals surface area (Å²) in [6, 6.07) is 15.2. The van der Waals surface area contributed by atoms with Crippen molar-refractivity contribution in [3.05, 3.63) is 65.9 Å². The summed E-state index contributed by atoms with van der Waals surface area (Å²) in [5, 5.41) is 2.63. The average molecular weight is 410 g/mol. The lowest BCUT2D eigenvalue weighted by atomic mass is 10.1. The first-order chi connectivity index (χ1) is 14.4. The summed E-state index contributed by atoms with van der Waals surface area (Å²) in [6.45, 7) is 3.42. The molecule has 0 aliphatic carbocycles. The van der Waals surface area contributed by atoms with Crippen LogP contribution in [-0.4, -0.2) is 24.0 Å². The Morgan fingerprint density at radius 1 is 1.03 bits per heavy atom. The molecule has 0 saturated heterocycles. The van der Waals surface area contributed by atoms with E-state index in [0.29, 0.717) is 22.3 Å². The summed E-state index contributed by atoms with van der Waals surface area (Å²) in [6.07, 6.45) is -1.22. The number of amides is 3. The third-order valence-corrected chi connectivity index (χ3v) is 4.35. The second-order valence-electron chi connectivity index (χ2n) is 6.93. The maximum Gasteiger partial charge on any atom is 0.375 e. The van der Waals surface area contributed by atoms with Crippen molar-refractivity contribution in [1.29, 1.82) is 0 Å². The van der Waals surface area contributed by atoms with Crippen LogP contribution in [0.2, 0.25) is 0 Å². The van der Waals surface area contributed by atoms with Crippen LogP contribution in [0.1, 0.15) is 30.0 Å². The molecule has 8 nitrogen and oxygen atoms in total. The van der Waals surface area contributed by atoms with Crippen molar-refractivity contribution in [2.24, 2.45) is 11.7 Å². The molecule has 0 spiro atoms. The SMILES string of the molecule is CC(C)[C@H](OC(=O)c1oc2ccccc2c1COc1ccccc1)C(=O)NC(N)=O. The number of nitrogens with two attached hydrogens (primary N) is 1. The number of urea groups is 1.